The van der Waals surface area contributed by atoms with Crippen LogP contribution in [0.15, 0.2) is 44.4 Å². The van der Waals surface area contributed by atoms with Crippen LogP contribution < -0.4 is 4.72 Å². The van der Waals surface area contributed by atoms with Crippen LogP contribution in [0.3, 0.4) is 0 Å². The largest absolute Gasteiger partial charge is 0.334 e. The van der Waals surface area contributed by atoms with Crippen LogP contribution >= 0.6 is 11.3 Å². The minimum absolute atomic E-state index is 0.0315. The summed E-state index contributed by atoms with van der Waals surface area (Å²) in [6.45, 7) is 1.32. The van der Waals surface area contributed by atoms with Gasteiger partial charge in [0.2, 0.25) is 5.82 Å². The maximum atomic E-state index is 13.0. The van der Waals surface area contributed by atoms with E-state index in [1.807, 2.05) is 0 Å². The average Bonchev–Trinajstić information content (AvgIpc) is 3.42. The van der Waals surface area contributed by atoms with Gasteiger partial charge >= 0.3 is 11.8 Å². The van der Waals surface area contributed by atoms with E-state index in [-0.39, 0.29) is 27.5 Å². The summed E-state index contributed by atoms with van der Waals surface area (Å²) < 4.78 is 45.4. The van der Waals surface area contributed by atoms with Gasteiger partial charge in [-0.2, -0.15) is 4.98 Å². The summed E-state index contributed by atoms with van der Waals surface area (Å²) in [5.41, 5.74) is 0.670. The highest BCUT2D eigenvalue weighted by atomic mass is 32.2. The molecule has 3 aromatic rings. The zero-order chi connectivity index (χ0) is 19.7. The summed E-state index contributed by atoms with van der Waals surface area (Å²) in [7, 11) is -3.85. The van der Waals surface area contributed by atoms with Gasteiger partial charge in [-0.05, 0) is 43.2 Å². The Labute approximate surface area is 164 Å². The Morgan fingerprint density at radius 3 is 2.64 bits per heavy atom. The zero-order valence-electron chi connectivity index (χ0n) is 14.5. The number of carbonyl (C=O) groups excluding carboxylic acids is 1. The molecule has 1 N–H and O–H groups in total. The van der Waals surface area contributed by atoms with Gasteiger partial charge in [0.25, 0.3) is 10.0 Å². The number of nitrogens with one attached hydrogen (secondary N) is 1. The fourth-order valence-electron chi connectivity index (χ4n) is 2.78. The number of amides is 1. The first kappa shape index (κ1) is 18.6. The van der Waals surface area contributed by atoms with Gasteiger partial charge in [-0.25, -0.2) is 12.8 Å². The molecule has 11 heteroatoms. The Balaban J connectivity index is 1.52. The third-order valence-electron chi connectivity index (χ3n) is 4.20. The second-order valence-corrected chi connectivity index (χ2v) is 9.01. The maximum absolute atomic E-state index is 13.0. The van der Waals surface area contributed by atoms with E-state index in [4.69, 9.17) is 4.52 Å². The highest BCUT2D eigenvalue weighted by Gasteiger charge is 2.26. The summed E-state index contributed by atoms with van der Waals surface area (Å²) in [6, 6.07) is 6.38. The molecule has 0 saturated carbocycles. The second-order valence-electron chi connectivity index (χ2n) is 6.19. The molecular formula is C17H15FN4O4S2. The number of anilines is 1. The lowest BCUT2D eigenvalue weighted by atomic mass is 10.3. The summed E-state index contributed by atoms with van der Waals surface area (Å²) in [4.78, 5) is 18.0. The predicted octanol–water partition coefficient (Wildman–Crippen LogP) is 2.97. The van der Waals surface area contributed by atoms with Crippen molar-refractivity contribution in [3.8, 4) is 11.4 Å². The SMILES string of the molecule is O=C(c1nc(-c2csc(S(=O)(=O)Nc3ccc(F)cc3)c2)no1)N1CCCC1. The Morgan fingerprint density at radius 1 is 1.21 bits per heavy atom. The van der Waals surface area contributed by atoms with Gasteiger partial charge in [0.15, 0.2) is 0 Å². The number of nitrogens with zero attached hydrogens (tertiary/aromatic N) is 3. The summed E-state index contributed by atoms with van der Waals surface area (Å²) >= 11 is 0.975. The molecule has 3 heterocycles. The Kier molecular flexibility index (Phi) is 4.85. The van der Waals surface area contributed by atoms with E-state index in [1.54, 1.807) is 10.3 Å². The lowest BCUT2D eigenvalue weighted by Crippen LogP contribution is -2.27. The number of likely N-dealkylation sites (tertiary alicyclic amines) is 1. The molecule has 146 valence electrons. The zero-order valence-corrected chi connectivity index (χ0v) is 16.1. The average molecular weight is 422 g/mol. The lowest BCUT2D eigenvalue weighted by Gasteiger charge is -2.10. The first-order valence-corrected chi connectivity index (χ1v) is 10.8. The standard InChI is InChI=1S/C17H15FN4O4S2/c18-12-3-5-13(6-4-12)21-28(24,25)14-9-11(10-27-14)15-19-16(26-20-15)17(23)22-7-1-2-8-22/h3-6,9-10,21H,1-2,7-8H2. The molecule has 1 aromatic carbocycles. The van der Waals surface area contributed by atoms with Crippen molar-refractivity contribution in [2.75, 3.05) is 17.8 Å². The van der Waals surface area contributed by atoms with Crippen LogP contribution in [0.4, 0.5) is 10.1 Å². The minimum atomic E-state index is -3.85. The van der Waals surface area contributed by atoms with Gasteiger partial charge in [-0.1, -0.05) is 5.16 Å². The number of benzene rings is 1. The number of rotatable bonds is 5. The number of halogens is 1. The highest BCUT2D eigenvalue weighted by Crippen LogP contribution is 2.28. The molecule has 1 aliphatic heterocycles. The summed E-state index contributed by atoms with van der Waals surface area (Å²) in [5.74, 6) is -0.756. The molecule has 0 bridgehead atoms. The molecule has 1 amide bonds. The van der Waals surface area contributed by atoms with E-state index in [9.17, 15) is 17.6 Å². The van der Waals surface area contributed by atoms with Crippen LogP contribution in [0, 0.1) is 5.82 Å². The number of aromatic nitrogens is 2. The first-order chi connectivity index (χ1) is 13.4. The Bertz CT molecular complexity index is 1100. The van der Waals surface area contributed by atoms with E-state index in [2.05, 4.69) is 14.9 Å². The van der Waals surface area contributed by atoms with Crippen molar-refractivity contribution in [2.45, 2.75) is 17.1 Å². The molecule has 8 nitrogen and oxygen atoms in total. The Hall–Kier alpha value is -2.79. The molecule has 0 aliphatic carbocycles. The van der Waals surface area contributed by atoms with Gasteiger partial charge in [-0.15, -0.1) is 11.3 Å². The van der Waals surface area contributed by atoms with Crippen molar-refractivity contribution in [3.63, 3.8) is 0 Å². The summed E-state index contributed by atoms with van der Waals surface area (Å²) in [6.07, 6.45) is 1.89. The predicted molar refractivity (Wildman–Crippen MR) is 100.0 cm³/mol. The monoisotopic (exact) mass is 422 g/mol. The third-order valence-corrected chi connectivity index (χ3v) is 7.02. The molecule has 1 aliphatic rings. The van der Waals surface area contributed by atoms with Gasteiger partial charge in [0.1, 0.15) is 10.0 Å². The molecule has 0 atom stereocenters. The van der Waals surface area contributed by atoms with Crippen LogP contribution in [0.5, 0.6) is 0 Å². The van der Waals surface area contributed by atoms with E-state index < -0.39 is 15.8 Å². The quantitative estimate of drug-likeness (QED) is 0.678. The normalized spacial score (nSPS) is 14.4. The van der Waals surface area contributed by atoms with E-state index in [1.165, 1.54) is 18.2 Å². The first-order valence-electron chi connectivity index (χ1n) is 8.43. The molecule has 2 aromatic heterocycles. The Morgan fingerprint density at radius 2 is 1.93 bits per heavy atom. The van der Waals surface area contributed by atoms with Gasteiger partial charge in [-0.3, -0.25) is 9.52 Å². The molecule has 0 unspecified atom stereocenters. The molecule has 0 radical (unpaired) electrons. The maximum Gasteiger partial charge on any atom is 0.316 e. The fourth-order valence-corrected chi connectivity index (χ4v) is 5.00. The molecule has 1 fully saturated rings. The number of hydrogen-bond donors (Lipinski definition) is 1. The number of hydrogen-bond acceptors (Lipinski definition) is 7. The van der Waals surface area contributed by atoms with Crippen LogP contribution in [0.25, 0.3) is 11.4 Å². The van der Waals surface area contributed by atoms with E-state index >= 15 is 0 Å². The van der Waals surface area contributed by atoms with Crippen LogP contribution in [-0.2, 0) is 10.0 Å². The van der Waals surface area contributed by atoms with Crippen molar-refractivity contribution in [2.24, 2.45) is 0 Å². The fraction of sp³-hybridized carbons (Fsp3) is 0.235. The molecule has 28 heavy (non-hydrogen) atoms. The van der Waals surface area contributed by atoms with Crippen LogP contribution in [-0.4, -0.2) is 42.5 Å². The molecular weight excluding hydrogens is 407 g/mol. The third kappa shape index (κ3) is 3.76. The molecule has 4 rings (SSSR count). The molecule has 0 spiro atoms. The van der Waals surface area contributed by atoms with Crippen LogP contribution in [0.2, 0.25) is 0 Å². The topological polar surface area (TPSA) is 105 Å². The van der Waals surface area contributed by atoms with E-state index in [0.717, 1.165) is 36.3 Å². The number of carbonyl (C=O) groups is 1. The van der Waals surface area contributed by atoms with Crippen molar-refractivity contribution in [3.05, 3.63) is 47.4 Å². The van der Waals surface area contributed by atoms with Crippen molar-refractivity contribution >= 4 is 33.0 Å². The highest BCUT2D eigenvalue weighted by molar-refractivity contribution is 7.94. The summed E-state index contributed by atoms with van der Waals surface area (Å²) in [5, 5.41) is 5.35. The smallest absolute Gasteiger partial charge is 0.316 e. The van der Waals surface area contributed by atoms with Crippen LogP contribution in [0.1, 0.15) is 23.5 Å². The van der Waals surface area contributed by atoms with Crippen molar-refractivity contribution in [1.82, 2.24) is 15.0 Å². The number of sulfonamides is 1. The van der Waals surface area contributed by atoms with Crippen molar-refractivity contribution < 1.29 is 22.1 Å². The van der Waals surface area contributed by atoms with Gasteiger partial charge in [0, 0.05) is 29.7 Å². The molecule has 1 saturated heterocycles. The number of thiophene rings is 1. The van der Waals surface area contributed by atoms with Gasteiger partial charge < -0.3 is 9.42 Å². The van der Waals surface area contributed by atoms with Gasteiger partial charge in [0.05, 0.1) is 0 Å². The lowest BCUT2D eigenvalue weighted by molar-refractivity contribution is 0.0743. The van der Waals surface area contributed by atoms with E-state index in [0.29, 0.717) is 18.7 Å². The second kappa shape index (κ2) is 7.32. The van der Waals surface area contributed by atoms with Crippen molar-refractivity contribution in [1.29, 1.82) is 0 Å². The minimum Gasteiger partial charge on any atom is -0.334 e.